The van der Waals surface area contributed by atoms with E-state index in [0.29, 0.717) is 6.04 Å². The van der Waals surface area contributed by atoms with Gasteiger partial charge in [-0.2, -0.15) is 0 Å². The maximum atomic E-state index is 4.38. The van der Waals surface area contributed by atoms with Crippen molar-refractivity contribution >= 4 is 0 Å². The fourth-order valence-corrected chi connectivity index (χ4v) is 4.08. The SMILES string of the molecule is Cc1ncc(CNC2CCCN(CC3CCCCC3)C2)n1C. The molecule has 2 aliphatic rings. The minimum absolute atomic E-state index is 0.646. The van der Waals surface area contributed by atoms with Crippen LogP contribution in [0, 0.1) is 12.8 Å². The van der Waals surface area contributed by atoms with E-state index < -0.39 is 0 Å². The lowest BCUT2D eigenvalue weighted by molar-refractivity contribution is 0.149. The van der Waals surface area contributed by atoms with Crippen molar-refractivity contribution in [3.63, 3.8) is 0 Å². The molecule has 1 aliphatic carbocycles. The third-order valence-corrected chi connectivity index (χ3v) is 5.64. The molecule has 4 heteroatoms. The number of imidazole rings is 1. The molecule has 1 N–H and O–H groups in total. The van der Waals surface area contributed by atoms with Gasteiger partial charge < -0.3 is 14.8 Å². The number of nitrogens with one attached hydrogen (secondary N) is 1. The Balaban J connectivity index is 1.45. The van der Waals surface area contributed by atoms with Gasteiger partial charge in [0.1, 0.15) is 5.82 Å². The largest absolute Gasteiger partial charge is 0.334 e. The Morgan fingerprint density at radius 3 is 2.73 bits per heavy atom. The number of likely N-dealkylation sites (tertiary alicyclic amines) is 1. The zero-order chi connectivity index (χ0) is 15.4. The molecular formula is C18H32N4. The summed E-state index contributed by atoms with van der Waals surface area (Å²) in [5.74, 6) is 2.06. The molecule has 0 amide bonds. The predicted molar refractivity (Wildman–Crippen MR) is 90.8 cm³/mol. The number of rotatable bonds is 5. The number of hydrogen-bond acceptors (Lipinski definition) is 3. The second-order valence-corrected chi connectivity index (χ2v) is 7.34. The van der Waals surface area contributed by atoms with E-state index in [1.165, 1.54) is 70.3 Å². The molecule has 3 rings (SSSR count). The molecule has 0 aromatic carbocycles. The van der Waals surface area contributed by atoms with Gasteiger partial charge in [-0.15, -0.1) is 0 Å². The molecule has 0 bridgehead atoms. The molecule has 1 aromatic heterocycles. The van der Waals surface area contributed by atoms with Crippen molar-refractivity contribution in [3.8, 4) is 0 Å². The molecule has 22 heavy (non-hydrogen) atoms. The molecule has 0 radical (unpaired) electrons. The Morgan fingerprint density at radius 2 is 2.00 bits per heavy atom. The van der Waals surface area contributed by atoms with Crippen molar-refractivity contribution in [1.29, 1.82) is 0 Å². The first-order chi connectivity index (χ1) is 10.7. The minimum atomic E-state index is 0.646. The maximum absolute atomic E-state index is 4.38. The number of hydrogen-bond donors (Lipinski definition) is 1. The number of aryl methyl sites for hydroxylation is 1. The van der Waals surface area contributed by atoms with Crippen molar-refractivity contribution in [3.05, 3.63) is 17.7 Å². The fourth-order valence-electron chi connectivity index (χ4n) is 4.08. The summed E-state index contributed by atoms with van der Waals surface area (Å²) in [5, 5.41) is 3.76. The fraction of sp³-hybridized carbons (Fsp3) is 0.833. The normalized spacial score (nSPS) is 24.7. The van der Waals surface area contributed by atoms with Gasteiger partial charge >= 0.3 is 0 Å². The third-order valence-electron chi connectivity index (χ3n) is 5.64. The second-order valence-electron chi connectivity index (χ2n) is 7.34. The zero-order valence-electron chi connectivity index (χ0n) is 14.4. The molecule has 1 aromatic rings. The molecule has 1 unspecified atom stereocenters. The highest BCUT2D eigenvalue weighted by Gasteiger charge is 2.23. The summed E-state index contributed by atoms with van der Waals surface area (Å²) in [6.07, 6.45) is 12.0. The van der Waals surface area contributed by atoms with E-state index in [9.17, 15) is 0 Å². The van der Waals surface area contributed by atoms with Gasteiger partial charge in [0.25, 0.3) is 0 Å². The van der Waals surface area contributed by atoms with E-state index in [2.05, 4.69) is 33.7 Å². The first kappa shape index (κ1) is 16.0. The second kappa shape index (κ2) is 7.60. The summed E-state index contributed by atoms with van der Waals surface area (Å²) in [6, 6.07) is 0.646. The van der Waals surface area contributed by atoms with E-state index in [4.69, 9.17) is 0 Å². The van der Waals surface area contributed by atoms with Crippen LogP contribution in [-0.2, 0) is 13.6 Å². The van der Waals surface area contributed by atoms with E-state index in [1.54, 1.807) is 0 Å². The summed E-state index contributed by atoms with van der Waals surface area (Å²) in [5.41, 5.74) is 1.29. The molecule has 4 nitrogen and oxygen atoms in total. The molecule has 1 aliphatic heterocycles. The average Bonchev–Trinajstić information content (AvgIpc) is 2.86. The highest BCUT2D eigenvalue weighted by molar-refractivity contribution is 5.03. The van der Waals surface area contributed by atoms with Gasteiger partial charge in [-0.05, 0) is 45.1 Å². The number of piperidine rings is 1. The molecular weight excluding hydrogens is 272 g/mol. The zero-order valence-corrected chi connectivity index (χ0v) is 14.4. The van der Waals surface area contributed by atoms with Crippen molar-refractivity contribution < 1.29 is 0 Å². The maximum Gasteiger partial charge on any atom is 0.105 e. The standard InChI is InChI=1S/C18H32N4/c1-15-19-11-18(21(15)2)12-20-17-9-6-10-22(14-17)13-16-7-4-3-5-8-16/h11,16-17,20H,3-10,12-14H2,1-2H3. The van der Waals surface area contributed by atoms with E-state index in [1.807, 2.05) is 6.20 Å². The van der Waals surface area contributed by atoms with Crippen LogP contribution in [0.3, 0.4) is 0 Å². The van der Waals surface area contributed by atoms with E-state index in [-0.39, 0.29) is 0 Å². The summed E-state index contributed by atoms with van der Waals surface area (Å²) in [7, 11) is 2.11. The van der Waals surface area contributed by atoms with Gasteiger partial charge in [0.15, 0.2) is 0 Å². The Bertz CT molecular complexity index is 462. The van der Waals surface area contributed by atoms with Crippen molar-refractivity contribution in [2.24, 2.45) is 13.0 Å². The lowest BCUT2D eigenvalue weighted by Gasteiger charge is -2.36. The average molecular weight is 304 g/mol. The van der Waals surface area contributed by atoms with Crippen LogP contribution >= 0.6 is 0 Å². The Kier molecular flexibility index (Phi) is 5.53. The van der Waals surface area contributed by atoms with Crippen LogP contribution in [-0.4, -0.2) is 40.1 Å². The topological polar surface area (TPSA) is 33.1 Å². The van der Waals surface area contributed by atoms with E-state index in [0.717, 1.165) is 18.3 Å². The Labute approximate surface area is 135 Å². The van der Waals surface area contributed by atoms with Gasteiger partial charge in [0, 0.05) is 38.9 Å². The first-order valence-electron chi connectivity index (χ1n) is 9.15. The van der Waals surface area contributed by atoms with Gasteiger partial charge in [-0.1, -0.05) is 19.3 Å². The van der Waals surface area contributed by atoms with Gasteiger partial charge in [-0.3, -0.25) is 0 Å². The van der Waals surface area contributed by atoms with Gasteiger partial charge in [0.05, 0.1) is 5.69 Å². The van der Waals surface area contributed by atoms with Crippen molar-refractivity contribution in [2.75, 3.05) is 19.6 Å². The molecule has 124 valence electrons. The van der Waals surface area contributed by atoms with Crippen LogP contribution in [0.4, 0.5) is 0 Å². The van der Waals surface area contributed by atoms with Crippen molar-refractivity contribution in [1.82, 2.24) is 19.8 Å². The van der Waals surface area contributed by atoms with Crippen molar-refractivity contribution in [2.45, 2.75) is 64.5 Å². The summed E-state index contributed by atoms with van der Waals surface area (Å²) < 4.78 is 2.19. The van der Waals surface area contributed by atoms with Crippen LogP contribution < -0.4 is 5.32 Å². The van der Waals surface area contributed by atoms with Crippen LogP contribution in [0.2, 0.25) is 0 Å². The smallest absolute Gasteiger partial charge is 0.105 e. The third kappa shape index (κ3) is 4.11. The minimum Gasteiger partial charge on any atom is -0.334 e. The van der Waals surface area contributed by atoms with Crippen LogP contribution in [0.25, 0.3) is 0 Å². The molecule has 1 atom stereocenters. The Hall–Kier alpha value is -0.870. The lowest BCUT2D eigenvalue weighted by Crippen LogP contribution is -2.47. The summed E-state index contributed by atoms with van der Waals surface area (Å²) in [4.78, 5) is 7.10. The molecule has 2 heterocycles. The highest BCUT2D eigenvalue weighted by atomic mass is 15.2. The van der Waals surface area contributed by atoms with Gasteiger partial charge in [0.2, 0.25) is 0 Å². The molecule has 2 fully saturated rings. The first-order valence-corrected chi connectivity index (χ1v) is 9.15. The number of nitrogens with zero attached hydrogens (tertiary/aromatic N) is 3. The van der Waals surface area contributed by atoms with Gasteiger partial charge in [-0.25, -0.2) is 4.98 Å². The van der Waals surface area contributed by atoms with E-state index >= 15 is 0 Å². The Morgan fingerprint density at radius 1 is 1.18 bits per heavy atom. The number of aromatic nitrogens is 2. The molecule has 0 spiro atoms. The lowest BCUT2D eigenvalue weighted by atomic mass is 9.88. The van der Waals surface area contributed by atoms with Crippen LogP contribution in [0.1, 0.15) is 56.5 Å². The summed E-state index contributed by atoms with van der Waals surface area (Å²) >= 11 is 0. The summed E-state index contributed by atoms with van der Waals surface area (Å²) in [6.45, 7) is 6.88. The predicted octanol–water partition coefficient (Wildman–Crippen LogP) is 2.86. The van der Waals surface area contributed by atoms with Crippen LogP contribution in [0.5, 0.6) is 0 Å². The quantitative estimate of drug-likeness (QED) is 0.908. The van der Waals surface area contributed by atoms with Crippen LogP contribution in [0.15, 0.2) is 6.20 Å². The highest BCUT2D eigenvalue weighted by Crippen LogP contribution is 2.25. The monoisotopic (exact) mass is 304 g/mol. The molecule has 1 saturated carbocycles. The molecule has 1 saturated heterocycles.